The topological polar surface area (TPSA) is 47.7 Å². The van der Waals surface area contributed by atoms with E-state index in [-0.39, 0.29) is 0 Å². The number of hydrogen-bond donors (Lipinski definition) is 1. The van der Waals surface area contributed by atoms with Gasteiger partial charge in [-0.1, -0.05) is 42.5 Å². The largest absolute Gasteiger partial charge is 0.490 e. The van der Waals surface area contributed by atoms with Crippen molar-refractivity contribution in [3.8, 4) is 11.5 Å². The van der Waals surface area contributed by atoms with Crippen LogP contribution in [0.25, 0.3) is 0 Å². The third kappa shape index (κ3) is 5.93. The maximum atomic E-state index is 5.90. The lowest BCUT2D eigenvalue weighted by atomic mass is 10.2. The van der Waals surface area contributed by atoms with Crippen LogP contribution in [0.5, 0.6) is 11.5 Å². The van der Waals surface area contributed by atoms with Gasteiger partial charge in [0.15, 0.2) is 11.5 Å². The first-order valence-corrected chi connectivity index (χ1v) is 8.14. The molecule has 0 heterocycles. The molecule has 2 N–H and O–H groups in total. The number of nitrogens with two attached hydrogens (primary N) is 1. The minimum Gasteiger partial charge on any atom is -0.490 e. The Kier molecular flexibility index (Phi) is 7.43. The van der Waals surface area contributed by atoms with Crippen LogP contribution in [0.15, 0.2) is 54.6 Å². The van der Waals surface area contributed by atoms with E-state index >= 15 is 0 Å². The number of benzene rings is 2. The molecule has 2 aromatic carbocycles. The van der Waals surface area contributed by atoms with Crippen LogP contribution in [0, 0.1) is 0 Å². The monoisotopic (exact) mass is 314 g/mol. The third-order valence-corrected chi connectivity index (χ3v) is 3.51. The number of nitrogens with zero attached hydrogens (tertiary/aromatic N) is 1. The molecule has 0 saturated carbocycles. The second kappa shape index (κ2) is 9.87. The van der Waals surface area contributed by atoms with Crippen LogP contribution in [-0.4, -0.2) is 37.7 Å². The van der Waals surface area contributed by atoms with Gasteiger partial charge in [-0.3, -0.25) is 4.90 Å². The van der Waals surface area contributed by atoms with Crippen molar-refractivity contribution in [2.75, 3.05) is 32.8 Å². The second-order valence-electron chi connectivity index (χ2n) is 5.28. The molecule has 0 atom stereocenters. The number of rotatable bonds is 10. The summed E-state index contributed by atoms with van der Waals surface area (Å²) in [5.41, 5.74) is 7.01. The van der Waals surface area contributed by atoms with Crippen LogP contribution in [0.2, 0.25) is 0 Å². The van der Waals surface area contributed by atoms with E-state index in [1.807, 2.05) is 37.3 Å². The first-order valence-electron chi connectivity index (χ1n) is 8.14. The fraction of sp³-hybridized carbons (Fsp3) is 0.368. The van der Waals surface area contributed by atoms with Gasteiger partial charge in [-0.15, -0.1) is 0 Å². The quantitative estimate of drug-likeness (QED) is 0.732. The molecule has 0 aliphatic heterocycles. The molecule has 0 radical (unpaired) electrons. The average molecular weight is 314 g/mol. The van der Waals surface area contributed by atoms with E-state index in [0.29, 0.717) is 19.8 Å². The lowest BCUT2D eigenvalue weighted by Gasteiger charge is -2.22. The summed E-state index contributed by atoms with van der Waals surface area (Å²) in [5.74, 6) is 1.59. The average Bonchev–Trinajstić information content (AvgIpc) is 2.58. The SMILES string of the molecule is CCOc1ccccc1OCCN(CCN)Cc1ccccc1. The second-order valence-corrected chi connectivity index (χ2v) is 5.28. The zero-order valence-electron chi connectivity index (χ0n) is 13.8. The van der Waals surface area contributed by atoms with Gasteiger partial charge >= 0.3 is 0 Å². The summed E-state index contributed by atoms with van der Waals surface area (Å²) in [4.78, 5) is 2.30. The molecule has 2 rings (SSSR count). The molecule has 23 heavy (non-hydrogen) atoms. The molecular weight excluding hydrogens is 288 g/mol. The zero-order valence-corrected chi connectivity index (χ0v) is 13.8. The maximum absolute atomic E-state index is 5.90. The number of hydrogen-bond acceptors (Lipinski definition) is 4. The van der Waals surface area contributed by atoms with E-state index in [1.165, 1.54) is 5.56 Å². The van der Waals surface area contributed by atoms with Crippen LogP contribution >= 0.6 is 0 Å². The fourth-order valence-electron chi connectivity index (χ4n) is 2.42. The smallest absolute Gasteiger partial charge is 0.161 e. The molecule has 0 aliphatic rings. The molecule has 0 saturated heterocycles. The van der Waals surface area contributed by atoms with Crippen molar-refractivity contribution < 1.29 is 9.47 Å². The van der Waals surface area contributed by atoms with Gasteiger partial charge in [-0.05, 0) is 24.6 Å². The van der Waals surface area contributed by atoms with Crippen LogP contribution in [0.1, 0.15) is 12.5 Å². The molecule has 0 amide bonds. The first kappa shape index (κ1) is 17.3. The summed E-state index contributed by atoms with van der Waals surface area (Å²) in [5, 5.41) is 0. The Morgan fingerprint density at radius 2 is 1.52 bits per heavy atom. The van der Waals surface area contributed by atoms with Gasteiger partial charge in [0.05, 0.1) is 6.61 Å². The standard InChI is InChI=1S/C19H26N2O2/c1-2-22-18-10-6-7-11-19(18)23-15-14-21(13-12-20)16-17-8-4-3-5-9-17/h3-11H,2,12-16,20H2,1H3. The highest BCUT2D eigenvalue weighted by Gasteiger charge is 2.07. The summed E-state index contributed by atoms with van der Waals surface area (Å²) in [6, 6.07) is 18.2. The Balaban J connectivity index is 1.87. The number of para-hydroxylation sites is 2. The number of ether oxygens (including phenoxy) is 2. The normalized spacial score (nSPS) is 10.7. The van der Waals surface area contributed by atoms with E-state index < -0.39 is 0 Å². The van der Waals surface area contributed by atoms with Gasteiger partial charge < -0.3 is 15.2 Å². The van der Waals surface area contributed by atoms with Crippen molar-refractivity contribution in [3.63, 3.8) is 0 Å². The maximum Gasteiger partial charge on any atom is 0.161 e. The van der Waals surface area contributed by atoms with Gasteiger partial charge in [0.2, 0.25) is 0 Å². The molecule has 0 unspecified atom stereocenters. The van der Waals surface area contributed by atoms with Crippen molar-refractivity contribution in [1.29, 1.82) is 0 Å². The summed E-state index contributed by atoms with van der Waals surface area (Å²) in [6.07, 6.45) is 0. The van der Waals surface area contributed by atoms with Gasteiger partial charge in [-0.25, -0.2) is 0 Å². The molecule has 4 nitrogen and oxygen atoms in total. The van der Waals surface area contributed by atoms with Crippen LogP contribution < -0.4 is 15.2 Å². The highest BCUT2D eigenvalue weighted by Crippen LogP contribution is 2.26. The van der Waals surface area contributed by atoms with Crippen molar-refractivity contribution >= 4 is 0 Å². The van der Waals surface area contributed by atoms with E-state index in [9.17, 15) is 0 Å². The molecule has 2 aromatic rings. The van der Waals surface area contributed by atoms with Gasteiger partial charge in [0.1, 0.15) is 6.61 Å². The molecule has 0 spiro atoms. The lowest BCUT2D eigenvalue weighted by Crippen LogP contribution is -2.32. The molecule has 0 fully saturated rings. The van der Waals surface area contributed by atoms with E-state index in [0.717, 1.165) is 31.1 Å². The fourth-order valence-corrected chi connectivity index (χ4v) is 2.42. The molecule has 0 bridgehead atoms. The minimum atomic E-state index is 0.608. The Morgan fingerprint density at radius 1 is 0.870 bits per heavy atom. The highest BCUT2D eigenvalue weighted by atomic mass is 16.5. The summed E-state index contributed by atoms with van der Waals surface area (Å²) in [7, 11) is 0. The molecule has 0 aliphatic carbocycles. The van der Waals surface area contributed by atoms with Gasteiger partial charge in [0.25, 0.3) is 0 Å². The predicted molar refractivity (Wildman–Crippen MR) is 93.9 cm³/mol. The van der Waals surface area contributed by atoms with Gasteiger partial charge in [0, 0.05) is 26.2 Å². The Labute approximate surface area is 138 Å². The van der Waals surface area contributed by atoms with E-state index in [1.54, 1.807) is 0 Å². The summed E-state index contributed by atoms with van der Waals surface area (Å²) in [6.45, 7) is 6.42. The molecule has 124 valence electrons. The summed E-state index contributed by atoms with van der Waals surface area (Å²) >= 11 is 0. The van der Waals surface area contributed by atoms with Crippen LogP contribution in [0.4, 0.5) is 0 Å². The third-order valence-electron chi connectivity index (χ3n) is 3.51. The minimum absolute atomic E-state index is 0.608. The van der Waals surface area contributed by atoms with Crippen LogP contribution in [-0.2, 0) is 6.54 Å². The molecule has 0 aromatic heterocycles. The zero-order chi connectivity index (χ0) is 16.3. The highest BCUT2D eigenvalue weighted by molar-refractivity contribution is 5.39. The van der Waals surface area contributed by atoms with Crippen molar-refractivity contribution in [2.45, 2.75) is 13.5 Å². The van der Waals surface area contributed by atoms with Crippen molar-refractivity contribution in [2.24, 2.45) is 5.73 Å². The van der Waals surface area contributed by atoms with Crippen molar-refractivity contribution in [3.05, 3.63) is 60.2 Å². The first-order chi connectivity index (χ1) is 11.3. The molecular formula is C19H26N2O2. The lowest BCUT2D eigenvalue weighted by molar-refractivity contribution is 0.200. The van der Waals surface area contributed by atoms with E-state index in [4.69, 9.17) is 15.2 Å². The molecule has 4 heteroatoms. The predicted octanol–water partition coefficient (Wildman–Crippen LogP) is 2.93. The summed E-state index contributed by atoms with van der Waals surface area (Å²) < 4.78 is 11.5. The van der Waals surface area contributed by atoms with Crippen molar-refractivity contribution in [1.82, 2.24) is 4.90 Å². The van der Waals surface area contributed by atoms with Crippen LogP contribution in [0.3, 0.4) is 0 Å². The Morgan fingerprint density at radius 3 is 2.17 bits per heavy atom. The Bertz CT molecular complexity index is 560. The van der Waals surface area contributed by atoms with Gasteiger partial charge in [-0.2, -0.15) is 0 Å². The van der Waals surface area contributed by atoms with E-state index in [2.05, 4.69) is 29.2 Å². The Hall–Kier alpha value is -2.04.